The van der Waals surface area contributed by atoms with Crippen molar-refractivity contribution in [3.63, 3.8) is 0 Å². The number of aryl methyl sites for hydroxylation is 1. The largest absolute Gasteiger partial charge is 0.481 e. The van der Waals surface area contributed by atoms with Crippen molar-refractivity contribution in [2.45, 2.75) is 46.6 Å². The second-order valence-corrected chi connectivity index (χ2v) is 6.73. The summed E-state index contributed by atoms with van der Waals surface area (Å²) in [5.74, 6) is 0.101. The van der Waals surface area contributed by atoms with Gasteiger partial charge in [-0.15, -0.1) is 0 Å². The number of hydrogen-bond acceptors (Lipinski definition) is 5. The van der Waals surface area contributed by atoms with Gasteiger partial charge >= 0.3 is 5.97 Å². The maximum Gasteiger partial charge on any atom is 0.307 e. The second kappa shape index (κ2) is 5.07. The highest BCUT2D eigenvalue weighted by atomic mass is 32.1. The number of aromatic nitrogens is 2. The Hall–Kier alpha value is -1.17. The summed E-state index contributed by atoms with van der Waals surface area (Å²) in [7, 11) is 0. The molecule has 1 aromatic heterocycles. The fraction of sp³-hybridized carbons (Fsp3) is 0.769. The van der Waals surface area contributed by atoms with E-state index in [2.05, 4.69) is 35.4 Å². The molecule has 106 valence electrons. The van der Waals surface area contributed by atoms with Crippen LogP contribution < -0.4 is 5.32 Å². The van der Waals surface area contributed by atoms with Gasteiger partial charge in [-0.25, -0.2) is 4.98 Å². The van der Waals surface area contributed by atoms with Crippen LogP contribution in [0.5, 0.6) is 0 Å². The molecule has 2 N–H and O–H groups in total. The Balaban J connectivity index is 2.11. The smallest absolute Gasteiger partial charge is 0.307 e. The Morgan fingerprint density at radius 2 is 2.16 bits per heavy atom. The highest BCUT2D eigenvalue weighted by molar-refractivity contribution is 7.09. The first-order valence-electron chi connectivity index (χ1n) is 6.62. The fourth-order valence-corrected chi connectivity index (χ4v) is 3.59. The summed E-state index contributed by atoms with van der Waals surface area (Å²) in [6.45, 7) is 8.10. The van der Waals surface area contributed by atoms with Gasteiger partial charge < -0.3 is 10.4 Å². The van der Waals surface area contributed by atoms with Crippen molar-refractivity contribution >= 4 is 22.6 Å². The third-order valence-electron chi connectivity index (χ3n) is 4.58. The molecule has 3 unspecified atom stereocenters. The normalized spacial score (nSPS) is 30.0. The van der Waals surface area contributed by atoms with E-state index in [9.17, 15) is 9.90 Å². The Bertz CT molecular complexity index is 472. The van der Waals surface area contributed by atoms with Crippen LogP contribution in [0.15, 0.2) is 0 Å². The lowest BCUT2D eigenvalue weighted by Gasteiger charge is -2.46. The van der Waals surface area contributed by atoms with Gasteiger partial charge in [-0.1, -0.05) is 20.8 Å². The molecule has 6 heteroatoms. The van der Waals surface area contributed by atoms with Crippen LogP contribution in [0.3, 0.4) is 0 Å². The van der Waals surface area contributed by atoms with Crippen molar-refractivity contribution in [2.24, 2.45) is 17.3 Å². The zero-order chi connectivity index (χ0) is 14.2. The van der Waals surface area contributed by atoms with E-state index in [1.54, 1.807) is 0 Å². The summed E-state index contributed by atoms with van der Waals surface area (Å²) in [4.78, 5) is 15.7. The molecule has 3 atom stereocenters. The molecular formula is C13H21N3O2S. The third-order valence-corrected chi connectivity index (χ3v) is 5.31. The first-order chi connectivity index (χ1) is 8.82. The lowest BCUT2D eigenvalue weighted by atomic mass is 9.61. The molecule has 0 aromatic carbocycles. The summed E-state index contributed by atoms with van der Waals surface area (Å²) in [5, 5.41) is 13.6. The van der Waals surface area contributed by atoms with Gasteiger partial charge in [-0.2, -0.15) is 4.37 Å². The number of anilines is 1. The number of nitrogens with zero attached hydrogens (tertiary/aromatic N) is 2. The number of carbonyl (C=O) groups is 1. The molecule has 1 aliphatic carbocycles. The van der Waals surface area contributed by atoms with Gasteiger partial charge in [0.25, 0.3) is 0 Å². The molecular weight excluding hydrogens is 262 g/mol. The van der Waals surface area contributed by atoms with Gasteiger partial charge in [0.1, 0.15) is 5.82 Å². The predicted octanol–water partition coefficient (Wildman–Crippen LogP) is 2.78. The van der Waals surface area contributed by atoms with Gasteiger partial charge in [0, 0.05) is 17.6 Å². The molecule has 0 saturated heterocycles. The number of aliphatic carboxylic acids is 1. The maximum absolute atomic E-state index is 11.3. The number of nitrogens with one attached hydrogen (secondary N) is 1. The van der Waals surface area contributed by atoms with E-state index in [1.165, 1.54) is 11.5 Å². The molecule has 0 radical (unpaired) electrons. The van der Waals surface area contributed by atoms with Gasteiger partial charge in [0.15, 0.2) is 0 Å². The van der Waals surface area contributed by atoms with Crippen LogP contribution in [0.1, 0.15) is 39.4 Å². The molecule has 19 heavy (non-hydrogen) atoms. The van der Waals surface area contributed by atoms with E-state index >= 15 is 0 Å². The van der Waals surface area contributed by atoms with Crippen LogP contribution in [0.25, 0.3) is 0 Å². The molecule has 1 saturated carbocycles. The standard InChI is InChI=1S/C13H21N3O2S/c1-7-10(15-12-14-8(2)16-19-12)6-5-9(11(17)18)13(7,3)4/h7,9-10H,5-6H2,1-4H3,(H,17,18)(H,14,15,16). The molecule has 0 aliphatic heterocycles. The first-order valence-corrected chi connectivity index (χ1v) is 7.39. The van der Waals surface area contributed by atoms with Crippen molar-refractivity contribution in [1.82, 2.24) is 9.36 Å². The summed E-state index contributed by atoms with van der Waals surface area (Å²) in [6, 6.07) is 0.262. The van der Waals surface area contributed by atoms with E-state index < -0.39 is 5.97 Å². The quantitative estimate of drug-likeness (QED) is 0.892. The number of rotatable bonds is 3. The second-order valence-electron chi connectivity index (χ2n) is 5.98. The number of carboxylic acid groups (broad SMARTS) is 1. The Morgan fingerprint density at radius 1 is 1.47 bits per heavy atom. The molecule has 5 nitrogen and oxygen atoms in total. The molecule has 2 rings (SSSR count). The molecule has 0 bridgehead atoms. The Morgan fingerprint density at radius 3 is 2.68 bits per heavy atom. The van der Waals surface area contributed by atoms with Crippen LogP contribution in [-0.4, -0.2) is 26.5 Å². The molecule has 1 aromatic rings. The average Bonchev–Trinajstić information content (AvgIpc) is 2.70. The third kappa shape index (κ3) is 2.73. The average molecular weight is 283 g/mol. The lowest BCUT2D eigenvalue weighted by molar-refractivity contribution is -0.149. The van der Waals surface area contributed by atoms with Crippen LogP contribution in [0, 0.1) is 24.2 Å². The minimum Gasteiger partial charge on any atom is -0.481 e. The first kappa shape index (κ1) is 14.2. The van der Waals surface area contributed by atoms with Crippen molar-refractivity contribution in [3.05, 3.63) is 5.82 Å². The van der Waals surface area contributed by atoms with Crippen molar-refractivity contribution in [2.75, 3.05) is 5.32 Å². The van der Waals surface area contributed by atoms with Crippen molar-refractivity contribution < 1.29 is 9.90 Å². The minimum atomic E-state index is -0.679. The maximum atomic E-state index is 11.3. The van der Waals surface area contributed by atoms with Crippen LogP contribution in [0.2, 0.25) is 0 Å². The van der Waals surface area contributed by atoms with Gasteiger partial charge in [0.2, 0.25) is 5.13 Å². The minimum absolute atomic E-state index is 0.221. The monoisotopic (exact) mass is 283 g/mol. The highest BCUT2D eigenvalue weighted by Crippen LogP contribution is 2.45. The molecule has 1 fully saturated rings. The van der Waals surface area contributed by atoms with Crippen molar-refractivity contribution in [1.29, 1.82) is 0 Å². The lowest BCUT2D eigenvalue weighted by Crippen LogP contribution is -2.48. The van der Waals surface area contributed by atoms with E-state index in [4.69, 9.17) is 0 Å². The van der Waals surface area contributed by atoms with E-state index in [0.29, 0.717) is 6.42 Å². The number of hydrogen-bond donors (Lipinski definition) is 2. The molecule has 0 spiro atoms. The van der Waals surface area contributed by atoms with E-state index in [0.717, 1.165) is 17.4 Å². The van der Waals surface area contributed by atoms with Crippen LogP contribution >= 0.6 is 11.5 Å². The summed E-state index contributed by atoms with van der Waals surface area (Å²) >= 11 is 1.36. The summed E-state index contributed by atoms with van der Waals surface area (Å²) in [5.41, 5.74) is -0.221. The molecule has 0 amide bonds. The van der Waals surface area contributed by atoms with E-state index in [-0.39, 0.29) is 23.3 Å². The number of carboxylic acids is 1. The van der Waals surface area contributed by atoms with E-state index in [1.807, 2.05) is 6.92 Å². The van der Waals surface area contributed by atoms with Crippen LogP contribution in [0.4, 0.5) is 5.13 Å². The van der Waals surface area contributed by atoms with Gasteiger partial charge in [-0.3, -0.25) is 4.79 Å². The van der Waals surface area contributed by atoms with Crippen molar-refractivity contribution in [3.8, 4) is 0 Å². The summed E-state index contributed by atoms with van der Waals surface area (Å²) in [6.07, 6.45) is 1.57. The zero-order valence-electron chi connectivity index (χ0n) is 11.8. The summed E-state index contributed by atoms with van der Waals surface area (Å²) < 4.78 is 4.16. The topological polar surface area (TPSA) is 75.1 Å². The van der Waals surface area contributed by atoms with Gasteiger partial charge in [-0.05, 0) is 31.1 Å². The van der Waals surface area contributed by atoms with Gasteiger partial charge in [0.05, 0.1) is 5.92 Å². The SMILES string of the molecule is Cc1nsc(NC2CCC(C(=O)O)C(C)(C)C2C)n1. The Labute approximate surface area is 117 Å². The molecule has 1 aliphatic rings. The Kier molecular flexibility index (Phi) is 3.80. The fourth-order valence-electron chi connectivity index (χ4n) is 2.96. The molecule has 1 heterocycles. The predicted molar refractivity (Wildman–Crippen MR) is 75.4 cm³/mol. The zero-order valence-corrected chi connectivity index (χ0v) is 12.6. The highest BCUT2D eigenvalue weighted by Gasteiger charge is 2.46. The van der Waals surface area contributed by atoms with Crippen LogP contribution in [-0.2, 0) is 4.79 Å².